The Kier molecular flexibility index (Phi) is 5.23. The summed E-state index contributed by atoms with van der Waals surface area (Å²) in [6, 6.07) is 22.6. The Bertz CT molecular complexity index is 1090. The first-order chi connectivity index (χ1) is 13.2. The van der Waals surface area contributed by atoms with Gasteiger partial charge >= 0.3 is 0 Å². The monoisotopic (exact) mass is 390 g/mol. The largest absolute Gasteiger partial charge is 0.302 e. The number of thioether (sulfide) groups is 1. The Morgan fingerprint density at radius 1 is 1.04 bits per heavy atom. The Labute approximate surface area is 166 Å². The summed E-state index contributed by atoms with van der Waals surface area (Å²) in [5.74, 6) is -0.0497. The van der Waals surface area contributed by atoms with Crippen LogP contribution in [0.5, 0.6) is 0 Å². The van der Waals surface area contributed by atoms with Crippen molar-refractivity contribution in [2.45, 2.75) is 11.3 Å². The number of carbonyl (C=O) groups excluding carboxylic acids is 1. The Morgan fingerprint density at radius 2 is 1.81 bits per heavy atom. The molecular weight excluding hydrogens is 372 g/mol. The van der Waals surface area contributed by atoms with E-state index in [1.807, 2.05) is 48.0 Å². The molecule has 3 aromatic carbocycles. The number of rotatable bonds is 5. The van der Waals surface area contributed by atoms with Gasteiger partial charge in [-0.15, -0.1) is 23.1 Å². The van der Waals surface area contributed by atoms with Crippen LogP contribution in [0, 0.1) is 0 Å². The Hall–Kier alpha value is -2.63. The van der Waals surface area contributed by atoms with Crippen LogP contribution in [-0.4, -0.2) is 17.1 Å². The standard InChI is InChI=1S/C22H18N2OS2/c1-26-19-10-6-15(7-11-19)12-21(25)24-22-23-20(14-27-22)18-9-8-16-4-2-3-5-17(16)13-18/h2-11,13-14H,12H2,1H3,(H,23,24,25). The van der Waals surface area contributed by atoms with Crippen molar-refractivity contribution in [3.8, 4) is 11.3 Å². The summed E-state index contributed by atoms with van der Waals surface area (Å²) in [6.07, 6.45) is 2.39. The quantitative estimate of drug-likeness (QED) is 0.434. The highest BCUT2D eigenvalue weighted by Crippen LogP contribution is 2.28. The topological polar surface area (TPSA) is 42.0 Å². The molecule has 0 saturated carbocycles. The molecule has 1 heterocycles. The van der Waals surface area contributed by atoms with Crippen LogP contribution in [0.15, 0.2) is 77.0 Å². The first-order valence-electron chi connectivity index (χ1n) is 8.59. The molecule has 0 fully saturated rings. The highest BCUT2D eigenvalue weighted by Gasteiger charge is 2.09. The summed E-state index contributed by atoms with van der Waals surface area (Å²) in [7, 11) is 0. The molecule has 27 heavy (non-hydrogen) atoms. The van der Waals surface area contributed by atoms with Crippen LogP contribution in [0.3, 0.4) is 0 Å². The predicted molar refractivity (Wildman–Crippen MR) is 116 cm³/mol. The zero-order valence-electron chi connectivity index (χ0n) is 14.8. The fourth-order valence-electron chi connectivity index (χ4n) is 2.90. The molecule has 1 N–H and O–H groups in total. The van der Waals surface area contributed by atoms with Crippen LogP contribution in [0.4, 0.5) is 5.13 Å². The lowest BCUT2D eigenvalue weighted by molar-refractivity contribution is -0.115. The number of fused-ring (bicyclic) bond motifs is 1. The van der Waals surface area contributed by atoms with E-state index < -0.39 is 0 Å². The molecule has 5 heteroatoms. The van der Waals surface area contributed by atoms with Crippen molar-refractivity contribution in [3.63, 3.8) is 0 Å². The van der Waals surface area contributed by atoms with Crippen molar-refractivity contribution in [1.82, 2.24) is 4.98 Å². The summed E-state index contributed by atoms with van der Waals surface area (Å²) in [5.41, 5.74) is 2.93. The highest BCUT2D eigenvalue weighted by atomic mass is 32.2. The van der Waals surface area contributed by atoms with E-state index in [4.69, 9.17) is 0 Å². The zero-order chi connectivity index (χ0) is 18.6. The number of carbonyl (C=O) groups is 1. The second-order valence-corrected chi connectivity index (χ2v) is 7.91. The molecule has 0 unspecified atom stereocenters. The number of hydrogen-bond acceptors (Lipinski definition) is 4. The smallest absolute Gasteiger partial charge is 0.230 e. The molecule has 0 bridgehead atoms. The van der Waals surface area contributed by atoms with Gasteiger partial charge in [-0.25, -0.2) is 4.98 Å². The number of aromatic nitrogens is 1. The van der Waals surface area contributed by atoms with Crippen molar-refractivity contribution in [3.05, 3.63) is 77.7 Å². The maximum Gasteiger partial charge on any atom is 0.230 e. The minimum atomic E-state index is -0.0497. The number of benzene rings is 3. The van der Waals surface area contributed by atoms with E-state index in [1.54, 1.807) is 11.8 Å². The van der Waals surface area contributed by atoms with Gasteiger partial charge in [0, 0.05) is 15.8 Å². The first-order valence-corrected chi connectivity index (χ1v) is 10.7. The molecule has 4 rings (SSSR count). The fourth-order valence-corrected chi connectivity index (χ4v) is 4.05. The van der Waals surface area contributed by atoms with Gasteiger partial charge in [-0.3, -0.25) is 4.79 Å². The number of nitrogens with one attached hydrogen (secondary N) is 1. The minimum Gasteiger partial charge on any atom is -0.302 e. The zero-order valence-corrected chi connectivity index (χ0v) is 16.4. The number of thiazole rings is 1. The van der Waals surface area contributed by atoms with Crippen LogP contribution in [-0.2, 0) is 11.2 Å². The molecular formula is C22H18N2OS2. The summed E-state index contributed by atoms with van der Waals surface area (Å²) in [4.78, 5) is 18.1. The van der Waals surface area contributed by atoms with Crippen molar-refractivity contribution < 1.29 is 4.79 Å². The van der Waals surface area contributed by atoms with Gasteiger partial charge in [0.05, 0.1) is 12.1 Å². The SMILES string of the molecule is CSc1ccc(CC(=O)Nc2nc(-c3ccc4ccccc4c3)cs2)cc1. The van der Waals surface area contributed by atoms with Gasteiger partial charge < -0.3 is 5.32 Å². The number of nitrogens with zero attached hydrogens (tertiary/aromatic N) is 1. The van der Waals surface area contributed by atoms with Crippen LogP contribution < -0.4 is 5.32 Å². The lowest BCUT2D eigenvalue weighted by Gasteiger charge is -2.03. The van der Waals surface area contributed by atoms with Gasteiger partial charge in [0.1, 0.15) is 0 Å². The summed E-state index contributed by atoms with van der Waals surface area (Å²) < 4.78 is 0. The third-order valence-electron chi connectivity index (χ3n) is 4.32. The molecule has 3 nitrogen and oxygen atoms in total. The van der Waals surface area contributed by atoms with E-state index in [1.165, 1.54) is 27.0 Å². The van der Waals surface area contributed by atoms with Crippen LogP contribution in [0.25, 0.3) is 22.0 Å². The van der Waals surface area contributed by atoms with Crippen molar-refractivity contribution >= 4 is 44.9 Å². The third kappa shape index (κ3) is 4.21. The molecule has 0 spiro atoms. The number of anilines is 1. The molecule has 134 valence electrons. The fraction of sp³-hybridized carbons (Fsp3) is 0.0909. The Balaban J connectivity index is 1.45. The summed E-state index contributed by atoms with van der Waals surface area (Å²) in [5, 5.41) is 7.91. The summed E-state index contributed by atoms with van der Waals surface area (Å²) >= 11 is 3.14. The normalized spacial score (nSPS) is 10.9. The molecule has 1 amide bonds. The van der Waals surface area contributed by atoms with Crippen molar-refractivity contribution in [2.75, 3.05) is 11.6 Å². The van der Waals surface area contributed by atoms with Gasteiger partial charge in [-0.2, -0.15) is 0 Å². The van der Waals surface area contributed by atoms with E-state index in [0.717, 1.165) is 16.8 Å². The lowest BCUT2D eigenvalue weighted by atomic mass is 10.1. The van der Waals surface area contributed by atoms with Crippen LogP contribution in [0.1, 0.15) is 5.56 Å². The third-order valence-corrected chi connectivity index (χ3v) is 5.82. The van der Waals surface area contributed by atoms with Gasteiger partial charge in [-0.05, 0) is 40.8 Å². The van der Waals surface area contributed by atoms with Crippen LogP contribution in [0.2, 0.25) is 0 Å². The summed E-state index contributed by atoms with van der Waals surface area (Å²) in [6.45, 7) is 0. The second-order valence-electron chi connectivity index (χ2n) is 6.17. The van der Waals surface area contributed by atoms with Gasteiger partial charge in [0.2, 0.25) is 5.91 Å². The van der Waals surface area contributed by atoms with Crippen LogP contribution >= 0.6 is 23.1 Å². The minimum absolute atomic E-state index is 0.0497. The molecule has 0 aliphatic carbocycles. The molecule has 1 aromatic heterocycles. The van der Waals surface area contributed by atoms with E-state index in [-0.39, 0.29) is 5.91 Å². The molecule has 0 atom stereocenters. The molecule has 0 radical (unpaired) electrons. The predicted octanol–water partition coefficient (Wildman–Crippen LogP) is 5.87. The van der Waals surface area contributed by atoms with E-state index >= 15 is 0 Å². The maximum atomic E-state index is 12.3. The van der Waals surface area contributed by atoms with Gasteiger partial charge in [0.15, 0.2) is 5.13 Å². The number of amides is 1. The molecule has 0 saturated heterocycles. The number of hydrogen-bond donors (Lipinski definition) is 1. The van der Waals surface area contributed by atoms with Crippen molar-refractivity contribution in [1.29, 1.82) is 0 Å². The van der Waals surface area contributed by atoms with Crippen molar-refractivity contribution in [2.24, 2.45) is 0 Å². The van der Waals surface area contributed by atoms with E-state index in [2.05, 4.69) is 40.6 Å². The molecule has 4 aromatic rings. The van der Waals surface area contributed by atoms with Gasteiger partial charge in [0.25, 0.3) is 0 Å². The maximum absolute atomic E-state index is 12.3. The second kappa shape index (κ2) is 7.94. The lowest BCUT2D eigenvalue weighted by Crippen LogP contribution is -2.14. The first kappa shape index (κ1) is 17.8. The average molecular weight is 391 g/mol. The van der Waals surface area contributed by atoms with Gasteiger partial charge in [-0.1, -0.05) is 48.5 Å². The molecule has 0 aliphatic rings. The average Bonchev–Trinajstić information content (AvgIpc) is 3.16. The molecule has 0 aliphatic heterocycles. The highest BCUT2D eigenvalue weighted by molar-refractivity contribution is 7.98. The van der Waals surface area contributed by atoms with E-state index in [0.29, 0.717) is 11.6 Å². The van der Waals surface area contributed by atoms with E-state index in [9.17, 15) is 4.79 Å². The Morgan fingerprint density at radius 3 is 2.59 bits per heavy atom.